The van der Waals surface area contributed by atoms with Crippen LogP contribution in [0.25, 0.3) is 11.0 Å². The van der Waals surface area contributed by atoms with E-state index in [1.165, 1.54) is 10.4 Å². The van der Waals surface area contributed by atoms with Gasteiger partial charge in [0.2, 0.25) is 5.76 Å². The molecule has 0 fully saturated rings. The molecule has 0 radical (unpaired) electrons. The number of amides is 1. The van der Waals surface area contributed by atoms with E-state index in [0.29, 0.717) is 29.8 Å². The zero-order chi connectivity index (χ0) is 16.5. The second-order valence-electron chi connectivity index (χ2n) is 5.59. The van der Waals surface area contributed by atoms with Crippen LogP contribution in [0, 0.1) is 11.3 Å². The number of benzene rings is 1. The molecule has 3 aromatic rings. The van der Waals surface area contributed by atoms with Gasteiger partial charge in [-0.2, -0.15) is 5.26 Å². The third-order valence-electron chi connectivity index (χ3n) is 4.15. The highest BCUT2D eigenvalue weighted by Crippen LogP contribution is 2.32. The molecular weight excluding hydrogens is 324 g/mol. The van der Waals surface area contributed by atoms with Crippen molar-refractivity contribution in [3.8, 4) is 11.8 Å². The number of nitrogens with zero attached hydrogens (tertiary/aromatic N) is 2. The number of furan rings is 1. The summed E-state index contributed by atoms with van der Waals surface area (Å²) >= 11 is 1.74. The Bertz CT molecular complexity index is 951. The number of para-hydroxylation sites is 1. The van der Waals surface area contributed by atoms with Crippen LogP contribution in [0.15, 0.2) is 40.1 Å². The highest BCUT2D eigenvalue weighted by molar-refractivity contribution is 7.10. The molecule has 6 heteroatoms. The van der Waals surface area contributed by atoms with Gasteiger partial charge in [-0.3, -0.25) is 4.79 Å². The Balaban J connectivity index is 1.50. The maximum Gasteiger partial charge on any atom is 0.260 e. The van der Waals surface area contributed by atoms with E-state index >= 15 is 0 Å². The summed E-state index contributed by atoms with van der Waals surface area (Å²) in [5.74, 6) is 0.360. The van der Waals surface area contributed by atoms with Crippen molar-refractivity contribution in [3.63, 3.8) is 0 Å². The molecule has 0 bridgehead atoms. The number of rotatable bonds is 3. The summed E-state index contributed by atoms with van der Waals surface area (Å²) in [7, 11) is 0. The van der Waals surface area contributed by atoms with Gasteiger partial charge in [-0.25, -0.2) is 0 Å². The van der Waals surface area contributed by atoms with E-state index in [-0.39, 0.29) is 18.3 Å². The Labute approximate surface area is 142 Å². The lowest BCUT2D eigenvalue weighted by molar-refractivity contribution is -0.134. The van der Waals surface area contributed by atoms with Crippen LogP contribution < -0.4 is 4.74 Å². The van der Waals surface area contributed by atoms with Crippen LogP contribution in [-0.4, -0.2) is 24.0 Å². The normalized spacial score (nSPS) is 13.5. The Morgan fingerprint density at radius 1 is 1.38 bits per heavy atom. The van der Waals surface area contributed by atoms with E-state index in [1.807, 2.05) is 24.3 Å². The lowest BCUT2D eigenvalue weighted by atomic mass is 10.1. The Morgan fingerprint density at radius 3 is 3.12 bits per heavy atom. The molecule has 120 valence electrons. The second kappa shape index (κ2) is 6.02. The van der Waals surface area contributed by atoms with Gasteiger partial charge in [-0.05, 0) is 35.6 Å². The Hall–Kier alpha value is -2.78. The van der Waals surface area contributed by atoms with Gasteiger partial charge < -0.3 is 14.1 Å². The summed E-state index contributed by atoms with van der Waals surface area (Å²) in [6, 6.07) is 11.3. The molecule has 24 heavy (non-hydrogen) atoms. The minimum Gasteiger partial charge on any atom is -0.478 e. The molecule has 3 heterocycles. The van der Waals surface area contributed by atoms with E-state index < -0.39 is 0 Å². The van der Waals surface area contributed by atoms with Crippen molar-refractivity contribution < 1.29 is 13.9 Å². The van der Waals surface area contributed by atoms with Gasteiger partial charge in [0.1, 0.15) is 11.7 Å². The molecule has 0 atom stereocenters. The molecule has 0 saturated carbocycles. The number of carbonyl (C=O) groups excluding carboxylic acids is 1. The summed E-state index contributed by atoms with van der Waals surface area (Å²) in [4.78, 5) is 15.6. The average Bonchev–Trinajstić information content (AvgIpc) is 3.22. The SMILES string of the molecule is N#Cc1oc2ccccc2c1OCC(=O)N1CCc2sccc2C1. The highest BCUT2D eigenvalue weighted by atomic mass is 32.1. The van der Waals surface area contributed by atoms with E-state index in [9.17, 15) is 10.1 Å². The summed E-state index contributed by atoms with van der Waals surface area (Å²) in [5.41, 5.74) is 1.79. The third kappa shape index (κ3) is 2.53. The van der Waals surface area contributed by atoms with Crippen molar-refractivity contribution in [3.05, 3.63) is 51.9 Å². The number of carbonyl (C=O) groups is 1. The fraction of sp³-hybridized carbons (Fsp3) is 0.222. The topological polar surface area (TPSA) is 66.5 Å². The Morgan fingerprint density at radius 2 is 2.25 bits per heavy atom. The molecule has 1 aliphatic heterocycles. The van der Waals surface area contributed by atoms with Crippen LogP contribution in [-0.2, 0) is 17.8 Å². The molecule has 0 saturated heterocycles. The monoisotopic (exact) mass is 338 g/mol. The van der Waals surface area contributed by atoms with Crippen LogP contribution >= 0.6 is 11.3 Å². The summed E-state index contributed by atoms with van der Waals surface area (Å²) in [6.45, 7) is 1.23. The van der Waals surface area contributed by atoms with Crippen LogP contribution in [0.1, 0.15) is 16.2 Å². The minimum atomic E-state index is -0.0995. The number of fused-ring (bicyclic) bond motifs is 2. The first kappa shape index (κ1) is 14.8. The molecule has 5 nitrogen and oxygen atoms in total. The van der Waals surface area contributed by atoms with Gasteiger partial charge in [0.15, 0.2) is 12.4 Å². The van der Waals surface area contributed by atoms with Crippen molar-refractivity contribution in [2.45, 2.75) is 13.0 Å². The number of ether oxygens (including phenoxy) is 1. The van der Waals surface area contributed by atoms with Gasteiger partial charge >= 0.3 is 0 Å². The fourth-order valence-corrected chi connectivity index (χ4v) is 3.81. The van der Waals surface area contributed by atoms with Crippen LogP contribution in [0.5, 0.6) is 5.75 Å². The number of thiophene rings is 1. The van der Waals surface area contributed by atoms with Crippen LogP contribution in [0.4, 0.5) is 0 Å². The quantitative estimate of drug-likeness (QED) is 0.735. The fourth-order valence-electron chi connectivity index (χ4n) is 2.93. The maximum absolute atomic E-state index is 12.5. The minimum absolute atomic E-state index is 0.0824. The molecule has 0 N–H and O–H groups in total. The van der Waals surface area contributed by atoms with Crippen LogP contribution in [0.3, 0.4) is 0 Å². The molecule has 2 aromatic heterocycles. The van der Waals surface area contributed by atoms with Gasteiger partial charge in [0.25, 0.3) is 5.91 Å². The predicted octanol–water partition coefficient (Wildman–Crippen LogP) is 3.33. The van der Waals surface area contributed by atoms with Gasteiger partial charge in [0, 0.05) is 18.0 Å². The number of hydrogen-bond donors (Lipinski definition) is 0. The largest absolute Gasteiger partial charge is 0.478 e. The van der Waals surface area contributed by atoms with E-state index in [4.69, 9.17) is 9.15 Å². The predicted molar refractivity (Wildman–Crippen MR) is 89.9 cm³/mol. The molecule has 1 aliphatic rings. The van der Waals surface area contributed by atoms with Gasteiger partial charge in [0.05, 0.1) is 5.39 Å². The molecule has 1 amide bonds. The zero-order valence-electron chi connectivity index (χ0n) is 12.8. The summed E-state index contributed by atoms with van der Waals surface area (Å²) in [6.07, 6.45) is 0.886. The van der Waals surface area contributed by atoms with E-state index in [1.54, 1.807) is 22.3 Å². The van der Waals surface area contributed by atoms with E-state index in [0.717, 1.165) is 6.42 Å². The van der Waals surface area contributed by atoms with Gasteiger partial charge in [-0.1, -0.05) is 12.1 Å². The number of hydrogen-bond acceptors (Lipinski definition) is 5. The lowest BCUT2D eigenvalue weighted by Gasteiger charge is -2.26. The van der Waals surface area contributed by atoms with Gasteiger partial charge in [-0.15, -0.1) is 11.3 Å². The van der Waals surface area contributed by atoms with Crippen molar-refractivity contribution in [2.75, 3.05) is 13.2 Å². The smallest absolute Gasteiger partial charge is 0.260 e. The molecule has 0 spiro atoms. The average molecular weight is 338 g/mol. The second-order valence-corrected chi connectivity index (χ2v) is 6.59. The van der Waals surface area contributed by atoms with Crippen molar-refractivity contribution in [1.82, 2.24) is 4.90 Å². The maximum atomic E-state index is 12.5. The van der Waals surface area contributed by atoms with Crippen LogP contribution in [0.2, 0.25) is 0 Å². The lowest BCUT2D eigenvalue weighted by Crippen LogP contribution is -2.38. The molecular formula is C18H14N2O3S. The zero-order valence-corrected chi connectivity index (χ0v) is 13.6. The molecule has 1 aromatic carbocycles. The third-order valence-corrected chi connectivity index (χ3v) is 5.17. The highest BCUT2D eigenvalue weighted by Gasteiger charge is 2.23. The first-order valence-corrected chi connectivity index (χ1v) is 8.51. The van der Waals surface area contributed by atoms with Crippen molar-refractivity contribution in [1.29, 1.82) is 5.26 Å². The summed E-state index contributed by atoms with van der Waals surface area (Å²) < 4.78 is 11.1. The van der Waals surface area contributed by atoms with E-state index in [2.05, 4.69) is 11.4 Å². The first-order chi connectivity index (χ1) is 11.8. The Kier molecular flexibility index (Phi) is 3.71. The van der Waals surface area contributed by atoms with Crippen molar-refractivity contribution in [2.24, 2.45) is 0 Å². The molecule has 4 rings (SSSR count). The number of nitriles is 1. The standard InChI is InChI=1S/C18H14N2O3S/c19-9-15-18(13-3-1-2-4-14(13)23-15)22-11-17(21)20-7-5-16-12(10-20)6-8-24-16/h1-4,6,8H,5,7,10-11H2. The molecule has 0 aliphatic carbocycles. The molecule has 0 unspecified atom stereocenters. The first-order valence-electron chi connectivity index (χ1n) is 7.63. The summed E-state index contributed by atoms with van der Waals surface area (Å²) in [5, 5.41) is 12.0. The van der Waals surface area contributed by atoms with Crippen molar-refractivity contribution >= 4 is 28.2 Å².